The van der Waals surface area contributed by atoms with Gasteiger partial charge in [-0.25, -0.2) is 12.8 Å². The molecule has 0 N–H and O–H groups in total. The Morgan fingerprint density at radius 2 is 1.81 bits per heavy atom. The van der Waals surface area contributed by atoms with Crippen LogP contribution in [0.2, 0.25) is 0 Å². The van der Waals surface area contributed by atoms with E-state index in [1.54, 1.807) is 19.1 Å². The van der Waals surface area contributed by atoms with Crippen LogP contribution in [0.15, 0.2) is 18.2 Å². The van der Waals surface area contributed by atoms with Gasteiger partial charge < -0.3 is 4.90 Å². The molecule has 4 nitrogen and oxygen atoms in total. The molecule has 1 heterocycles. The molecule has 21 heavy (non-hydrogen) atoms. The fourth-order valence-electron chi connectivity index (χ4n) is 2.53. The summed E-state index contributed by atoms with van der Waals surface area (Å²) in [6.45, 7) is 7.59. The van der Waals surface area contributed by atoms with Gasteiger partial charge in [-0.05, 0) is 30.5 Å². The molecule has 0 unspecified atom stereocenters. The van der Waals surface area contributed by atoms with E-state index in [1.165, 1.54) is 4.31 Å². The zero-order valence-corrected chi connectivity index (χ0v) is 13.7. The molecule has 0 aliphatic carbocycles. The van der Waals surface area contributed by atoms with E-state index in [4.69, 9.17) is 0 Å². The molecule has 0 amide bonds. The van der Waals surface area contributed by atoms with Gasteiger partial charge >= 0.3 is 0 Å². The Bertz CT molecular complexity index is 594. The highest BCUT2D eigenvalue weighted by Crippen LogP contribution is 2.25. The predicted molar refractivity (Wildman–Crippen MR) is 83.7 cm³/mol. The summed E-state index contributed by atoms with van der Waals surface area (Å²) >= 11 is 0. The van der Waals surface area contributed by atoms with Gasteiger partial charge in [-0.2, -0.15) is 4.31 Å². The summed E-state index contributed by atoms with van der Waals surface area (Å²) < 4.78 is 39.3. The monoisotopic (exact) mass is 314 g/mol. The van der Waals surface area contributed by atoms with E-state index in [-0.39, 0.29) is 11.6 Å². The predicted octanol–water partition coefficient (Wildman–Crippen LogP) is 2.42. The Kier molecular flexibility index (Phi) is 4.88. The standard InChI is InChI=1S/C15H23FN2O2S/c1-4-21(19,20)18-9-7-17(8-10-18)15-6-5-13(12(2)3)11-14(15)16/h5-6,11-12H,4,7-10H2,1-3H3. The second kappa shape index (κ2) is 6.32. The lowest BCUT2D eigenvalue weighted by Crippen LogP contribution is -2.49. The minimum Gasteiger partial charge on any atom is -0.367 e. The van der Waals surface area contributed by atoms with Crippen LogP contribution in [0.4, 0.5) is 10.1 Å². The summed E-state index contributed by atoms with van der Waals surface area (Å²) in [7, 11) is -3.14. The first-order chi connectivity index (χ1) is 9.85. The van der Waals surface area contributed by atoms with Crippen LogP contribution >= 0.6 is 0 Å². The van der Waals surface area contributed by atoms with Crippen molar-refractivity contribution in [2.75, 3.05) is 36.8 Å². The van der Waals surface area contributed by atoms with Crippen molar-refractivity contribution in [1.82, 2.24) is 4.31 Å². The SMILES string of the molecule is CCS(=O)(=O)N1CCN(c2ccc(C(C)C)cc2F)CC1. The van der Waals surface area contributed by atoms with Crippen molar-refractivity contribution in [2.45, 2.75) is 26.7 Å². The first kappa shape index (κ1) is 16.2. The molecule has 0 radical (unpaired) electrons. The normalized spacial score (nSPS) is 17.5. The van der Waals surface area contributed by atoms with Crippen LogP contribution in [0.1, 0.15) is 32.3 Å². The molecule has 6 heteroatoms. The lowest BCUT2D eigenvalue weighted by molar-refractivity contribution is 0.384. The molecule has 1 fully saturated rings. The van der Waals surface area contributed by atoms with Gasteiger partial charge in [0.1, 0.15) is 5.82 Å². The summed E-state index contributed by atoms with van der Waals surface area (Å²) in [4.78, 5) is 1.92. The molecule has 1 aromatic carbocycles. The molecule has 0 aromatic heterocycles. The van der Waals surface area contributed by atoms with Crippen LogP contribution < -0.4 is 4.90 Å². The van der Waals surface area contributed by atoms with Crippen LogP contribution in [0, 0.1) is 5.82 Å². The highest BCUT2D eigenvalue weighted by Gasteiger charge is 2.26. The highest BCUT2D eigenvalue weighted by atomic mass is 32.2. The summed E-state index contributed by atoms with van der Waals surface area (Å²) in [5.41, 5.74) is 1.54. The molecule has 2 rings (SSSR count). The number of piperazine rings is 1. The van der Waals surface area contributed by atoms with E-state index < -0.39 is 10.0 Å². The van der Waals surface area contributed by atoms with Crippen LogP contribution in [0.5, 0.6) is 0 Å². The number of benzene rings is 1. The molecule has 1 aromatic rings. The summed E-state index contributed by atoms with van der Waals surface area (Å²) in [5, 5.41) is 0. The Labute approximate surface area is 126 Å². The number of sulfonamides is 1. The van der Waals surface area contributed by atoms with Gasteiger partial charge in [0.05, 0.1) is 11.4 Å². The average molecular weight is 314 g/mol. The Morgan fingerprint density at radius 3 is 2.29 bits per heavy atom. The fraction of sp³-hybridized carbons (Fsp3) is 0.600. The Balaban J connectivity index is 2.09. The zero-order valence-electron chi connectivity index (χ0n) is 12.8. The van der Waals surface area contributed by atoms with Crippen molar-refractivity contribution in [3.05, 3.63) is 29.6 Å². The number of hydrogen-bond acceptors (Lipinski definition) is 3. The first-order valence-corrected chi connectivity index (χ1v) is 8.98. The van der Waals surface area contributed by atoms with Crippen molar-refractivity contribution < 1.29 is 12.8 Å². The number of hydrogen-bond donors (Lipinski definition) is 0. The van der Waals surface area contributed by atoms with Gasteiger partial charge in [-0.3, -0.25) is 0 Å². The number of rotatable bonds is 4. The quantitative estimate of drug-likeness (QED) is 0.857. The maximum absolute atomic E-state index is 14.2. The number of anilines is 1. The van der Waals surface area contributed by atoms with E-state index in [0.717, 1.165) is 5.56 Å². The number of halogens is 1. The van der Waals surface area contributed by atoms with Crippen LogP contribution in [0.3, 0.4) is 0 Å². The van der Waals surface area contributed by atoms with Gasteiger partial charge in [0.2, 0.25) is 10.0 Å². The van der Waals surface area contributed by atoms with E-state index in [9.17, 15) is 12.8 Å². The molecular weight excluding hydrogens is 291 g/mol. The molecule has 0 bridgehead atoms. The van der Waals surface area contributed by atoms with Gasteiger partial charge in [-0.15, -0.1) is 0 Å². The third-order valence-corrected chi connectivity index (χ3v) is 5.86. The van der Waals surface area contributed by atoms with E-state index in [1.807, 2.05) is 24.8 Å². The fourth-order valence-corrected chi connectivity index (χ4v) is 3.61. The number of nitrogens with zero attached hydrogens (tertiary/aromatic N) is 2. The molecule has 1 saturated heterocycles. The van der Waals surface area contributed by atoms with E-state index in [0.29, 0.717) is 37.8 Å². The van der Waals surface area contributed by atoms with Crippen LogP contribution in [-0.2, 0) is 10.0 Å². The van der Waals surface area contributed by atoms with Crippen molar-refractivity contribution in [2.24, 2.45) is 0 Å². The van der Waals surface area contributed by atoms with E-state index in [2.05, 4.69) is 0 Å². The molecule has 118 valence electrons. The summed E-state index contributed by atoms with van der Waals surface area (Å²) in [6, 6.07) is 5.32. The Morgan fingerprint density at radius 1 is 1.19 bits per heavy atom. The second-order valence-corrected chi connectivity index (χ2v) is 7.91. The largest absolute Gasteiger partial charge is 0.367 e. The van der Waals surface area contributed by atoms with Gasteiger partial charge in [0.25, 0.3) is 0 Å². The molecule has 1 aliphatic rings. The van der Waals surface area contributed by atoms with Crippen molar-refractivity contribution in [3.63, 3.8) is 0 Å². The molecule has 0 spiro atoms. The summed E-state index contributed by atoms with van der Waals surface area (Å²) in [6.07, 6.45) is 0. The third kappa shape index (κ3) is 3.55. The Hall–Kier alpha value is -1.14. The molecule has 1 aliphatic heterocycles. The van der Waals surface area contributed by atoms with Gasteiger partial charge in [-0.1, -0.05) is 19.9 Å². The van der Waals surface area contributed by atoms with Gasteiger partial charge in [0, 0.05) is 26.2 Å². The van der Waals surface area contributed by atoms with Crippen molar-refractivity contribution >= 4 is 15.7 Å². The highest BCUT2D eigenvalue weighted by molar-refractivity contribution is 7.89. The maximum Gasteiger partial charge on any atom is 0.213 e. The van der Waals surface area contributed by atoms with Crippen molar-refractivity contribution in [3.8, 4) is 0 Å². The second-order valence-electron chi connectivity index (χ2n) is 5.65. The topological polar surface area (TPSA) is 40.6 Å². The lowest BCUT2D eigenvalue weighted by atomic mass is 10.0. The summed E-state index contributed by atoms with van der Waals surface area (Å²) in [5.74, 6) is 0.179. The maximum atomic E-state index is 14.2. The van der Waals surface area contributed by atoms with Gasteiger partial charge in [0.15, 0.2) is 0 Å². The third-order valence-electron chi connectivity index (χ3n) is 3.98. The van der Waals surface area contributed by atoms with Crippen molar-refractivity contribution in [1.29, 1.82) is 0 Å². The zero-order chi connectivity index (χ0) is 15.6. The van der Waals surface area contributed by atoms with Crippen LogP contribution in [-0.4, -0.2) is 44.7 Å². The minimum atomic E-state index is -3.14. The molecular formula is C15H23FN2O2S. The smallest absolute Gasteiger partial charge is 0.213 e. The minimum absolute atomic E-state index is 0.116. The first-order valence-electron chi connectivity index (χ1n) is 7.37. The molecule has 0 saturated carbocycles. The van der Waals surface area contributed by atoms with Crippen LogP contribution in [0.25, 0.3) is 0 Å². The van der Waals surface area contributed by atoms with E-state index >= 15 is 0 Å². The molecule has 0 atom stereocenters. The average Bonchev–Trinajstić information content (AvgIpc) is 2.47. The lowest BCUT2D eigenvalue weighted by Gasteiger charge is -2.35.